The second-order valence-corrected chi connectivity index (χ2v) is 5.57. The molecule has 1 amide bonds. The Balaban J connectivity index is 2.14. The van der Waals surface area contributed by atoms with Gasteiger partial charge in [0, 0.05) is 23.2 Å². The van der Waals surface area contributed by atoms with E-state index in [0.717, 1.165) is 16.9 Å². The normalized spacial score (nSPS) is 11.9. The predicted molar refractivity (Wildman–Crippen MR) is 81.8 cm³/mol. The zero-order valence-corrected chi connectivity index (χ0v) is 12.2. The van der Waals surface area contributed by atoms with Crippen LogP contribution in [0.5, 0.6) is 0 Å². The van der Waals surface area contributed by atoms with Crippen LogP contribution < -0.4 is 10.6 Å². The lowest BCUT2D eigenvalue weighted by molar-refractivity contribution is -0.114. The number of thiophene rings is 1. The van der Waals surface area contributed by atoms with Gasteiger partial charge < -0.3 is 10.6 Å². The van der Waals surface area contributed by atoms with E-state index >= 15 is 0 Å². The molecule has 3 nitrogen and oxygen atoms in total. The highest BCUT2D eigenvalue weighted by molar-refractivity contribution is 7.10. The second kappa shape index (κ2) is 5.89. The number of carbonyl (C=O) groups is 1. The third-order valence-corrected chi connectivity index (χ3v) is 3.96. The van der Waals surface area contributed by atoms with Gasteiger partial charge in [-0.2, -0.15) is 0 Å². The fourth-order valence-corrected chi connectivity index (χ4v) is 2.63. The third-order valence-electron chi connectivity index (χ3n) is 2.90. The Bertz CT molecular complexity index is 564. The molecule has 0 fully saturated rings. The molecule has 1 heterocycles. The molecule has 2 N–H and O–H groups in total. The van der Waals surface area contributed by atoms with Crippen LogP contribution in [0.1, 0.15) is 30.3 Å². The first-order chi connectivity index (χ1) is 9.06. The number of hydrogen-bond donors (Lipinski definition) is 2. The molecule has 0 aliphatic heterocycles. The maximum absolute atomic E-state index is 11.2. The SMILES string of the molecule is CC(=O)Nc1cc(NC(C)c2cccs2)ccc1C. The van der Waals surface area contributed by atoms with E-state index in [0.29, 0.717) is 0 Å². The summed E-state index contributed by atoms with van der Waals surface area (Å²) in [6, 6.07) is 10.4. The van der Waals surface area contributed by atoms with Gasteiger partial charge >= 0.3 is 0 Å². The van der Waals surface area contributed by atoms with Crippen LogP contribution in [-0.4, -0.2) is 5.91 Å². The molecular weight excluding hydrogens is 256 g/mol. The summed E-state index contributed by atoms with van der Waals surface area (Å²) in [6.07, 6.45) is 0. The Morgan fingerprint density at radius 1 is 1.32 bits per heavy atom. The van der Waals surface area contributed by atoms with Crippen molar-refractivity contribution >= 4 is 28.6 Å². The molecule has 1 aromatic carbocycles. The summed E-state index contributed by atoms with van der Waals surface area (Å²) in [5.74, 6) is -0.0495. The lowest BCUT2D eigenvalue weighted by Gasteiger charge is -2.16. The number of aryl methyl sites for hydroxylation is 1. The minimum absolute atomic E-state index is 0.0495. The maximum atomic E-state index is 11.2. The maximum Gasteiger partial charge on any atom is 0.221 e. The van der Waals surface area contributed by atoms with Crippen molar-refractivity contribution < 1.29 is 4.79 Å². The van der Waals surface area contributed by atoms with Crippen molar-refractivity contribution in [1.82, 2.24) is 0 Å². The highest BCUT2D eigenvalue weighted by atomic mass is 32.1. The zero-order chi connectivity index (χ0) is 13.8. The quantitative estimate of drug-likeness (QED) is 0.877. The monoisotopic (exact) mass is 274 g/mol. The van der Waals surface area contributed by atoms with Crippen molar-refractivity contribution in [2.24, 2.45) is 0 Å². The molecule has 1 unspecified atom stereocenters. The number of carbonyl (C=O) groups excluding carboxylic acids is 1. The van der Waals surface area contributed by atoms with Crippen molar-refractivity contribution in [3.05, 3.63) is 46.2 Å². The molecule has 0 saturated heterocycles. The summed E-state index contributed by atoms with van der Waals surface area (Å²) in [6.45, 7) is 5.63. The minimum atomic E-state index is -0.0495. The standard InChI is InChI=1S/C15H18N2OS/c1-10-6-7-13(9-14(10)17-12(3)18)16-11(2)15-5-4-8-19-15/h4-9,11,16H,1-3H3,(H,17,18). The first-order valence-corrected chi connectivity index (χ1v) is 7.12. The van der Waals surface area contributed by atoms with Crippen LogP contribution in [0.25, 0.3) is 0 Å². The second-order valence-electron chi connectivity index (χ2n) is 4.59. The van der Waals surface area contributed by atoms with Crippen molar-refractivity contribution in [3.8, 4) is 0 Å². The van der Waals surface area contributed by atoms with Gasteiger partial charge in [0.15, 0.2) is 0 Å². The van der Waals surface area contributed by atoms with Crippen LogP contribution in [0.15, 0.2) is 35.7 Å². The number of rotatable bonds is 4. The van der Waals surface area contributed by atoms with E-state index in [4.69, 9.17) is 0 Å². The molecule has 4 heteroatoms. The van der Waals surface area contributed by atoms with E-state index < -0.39 is 0 Å². The van der Waals surface area contributed by atoms with Gasteiger partial charge in [-0.15, -0.1) is 11.3 Å². The third kappa shape index (κ3) is 3.58. The summed E-state index contributed by atoms with van der Waals surface area (Å²) in [7, 11) is 0. The molecule has 19 heavy (non-hydrogen) atoms. The van der Waals surface area contributed by atoms with Crippen LogP contribution in [0.2, 0.25) is 0 Å². The van der Waals surface area contributed by atoms with Gasteiger partial charge in [0.05, 0.1) is 6.04 Å². The van der Waals surface area contributed by atoms with Gasteiger partial charge in [0.1, 0.15) is 0 Å². The van der Waals surface area contributed by atoms with Crippen molar-refractivity contribution in [1.29, 1.82) is 0 Å². The number of amides is 1. The summed E-state index contributed by atoms with van der Waals surface area (Å²) >= 11 is 1.74. The highest BCUT2D eigenvalue weighted by Gasteiger charge is 2.07. The average Bonchev–Trinajstić information content (AvgIpc) is 2.86. The first-order valence-electron chi connectivity index (χ1n) is 6.24. The highest BCUT2D eigenvalue weighted by Crippen LogP contribution is 2.26. The molecule has 0 spiro atoms. The molecule has 0 aliphatic rings. The van der Waals surface area contributed by atoms with Gasteiger partial charge in [0.2, 0.25) is 5.91 Å². The lowest BCUT2D eigenvalue weighted by Crippen LogP contribution is -2.09. The number of anilines is 2. The largest absolute Gasteiger partial charge is 0.378 e. The fourth-order valence-electron chi connectivity index (χ4n) is 1.89. The van der Waals surface area contributed by atoms with Crippen molar-refractivity contribution in [3.63, 3.8) is 0 Å². The molecule has 0 saturated carbocycles. The Labute approximate surface area is 117 Å². The minimum Gasteiger partial charge on any atom is -0.378 e. The number of benzene rings is 1. The van der Waals surface area contributed by atoms with Gasteiger partial charge in [-0.05, 0) is 43.0 Å². The van der Waals surface area contributed by atoms with Gasteiger partial charge in [0.25, 0.3) is 0 Å². The van der Waals surface area contributed by atoms with E-state index in [9.17, 15) is 4.79 Å². The van der Waals surface area contributed by atoms with Gasteiger partial charge in [-0.3, -0.25) is 4.79 Å². The van der Waals surface area contributed by atoms with Crippen molar-refractivity contribution in [2.75, 3.05) is 10.6 Å². The van der Waals surface area contributed by atoms with Crippen LogP contribution in [0.4, 0.5) is 11.4 Å². The molecule has 1 aromatic heterocycles. The molecule has 2 rings (SSSR count). The molecule has 0 bridgehead atoms. The van der Waals surface area contributed by atoms with Crippen LogP contribution in [-0.2, 0) is 4.79 Å². The molecule has 100 valence electrons. The zero-order valence-electron chi connectivity index (χ0n) is 11.4. The molecule has 2 aromatic rings. The summed E-state index contributed by atoms with van der Waals surface area (Å²) < 4.78 is 0. The van der Waals surface area contributed by atoms with Crippen LogP contribution >= 0.6 is 11.3 Å². The molecule has 1 atom stereocenters. The summed E-state index contributed by atoms with van der Waals surface area (Å²) in [5.41, 5.74) is 2.93. The van der Waals surface area contributed by atoms with Crippen LogP contribution in [0, 0.1) is 6.92 Å². The van der Waals surface area contributed by atoms with Gasteiger partial charge in [-0.25, -0.2) is 0 Å². The Morgan fingerprint density at radius 2 is 2.11 bits per heavy atom. The first kappa shape index (κ1) is 13.6. The lowest BCUT2D eigenvalue weighted by atomic mass is 10.1. The number of hydrogen-bond acceptors (Lipinski definition) is 3. The summed E-state index contributed by atoms with van der Waals surface area (Å²) in [4.78, 5) is 12.4. The number of nitrogens with one attached hydrogen (secondary N) is 2. The average molecular weight is 274 g/mol. The van der Waals surface area contributed by atoms with Crippen LogP contribution in [0.3, 0.4) is 0 Å². The topological polar surface area (TPSA) is 41.1 Å². The van der Waals surface area contributed by atoms with E-state index in [1.165, 1.54) is 11.8 Å². The van der Waals surface area contributed by atoms with E-state index in [-0.39, 0.29) is 11.9 Å². The van der Waals surface area contributed by atoms with E-state index in [1.807, 2.05) is 25.1 Å². The predicted octanol–water partition coefficient (Wildman–Crippen LogP) is 4.19. The Kier molecular flexibility index (Phi) is 4.22. The summed E-state index contributed by atoms with van der Waals surface area (Å²) in [5, 5.41) is 8.36. The van der Waals surface area contributed by atoms with E-state index in [2.05, 4.69) is 35.1 Å². The van der Waals surface area contributed by atoms with Gasteiger partial charge in [-0.1, -0.05) is 12.1 Å². The van der Waals surface area contributed by atoms with Crippen molar-refractivity contribution in [2.45, 2.75) is 26.8 Å². The molecule has 0 aliphatic carbocycles. The Hall–Kier alpha value is -1.81. The molecular formula is C15H18N2OS. The Morgan fingerprint density at radius 3 is 2.74 bits per heavy atom. The molecule has 0 radical (unpaired) electrons. The smallest absolute Gasteiger partial charge is 0.221 e. The fraction of sp³-hybridized carbons (Fsp3) is 0.267. The van der Waals surface area contributed by atoms with E-state index in [1.54, 1.807) is 11.3 Å².